The number of carboxylic acids is 1. The van der Waals surface area contributed by atoms with Gasteiger partial charge in [0.25, 0.3) is 0 Å². The van der Waals surface area contributed by atoms with Gasteiger partial charge in [0, 0.05) is 0 Å². The first kappa shape index (κ1) is 11.2. The van der Waals surface area contributed by atoms with Crippen molar-refractivity contribution < 1.29 is 24.2 Å². The molecule has 1 N–H and O–H groups in total. The molecule has 0 radical (unpaired) electrons. The Morgan fingerprint density at radius 1 is 1.40 bits per heavy atom. The molecule has 0 bridgehead atoms. The van der Waals surface area contributed by atoms with E-state index < -0.39 is 11.9 Å². The van der Waals surface area contributed by atoms with Crippen LogP contribution in [0.1, 0.15) is 20.7 Å². The SMILES string of the molecule is O=COC(=O)c1cc(C(=O)O)ccc1Cl. The van der Waals surface area contributed by atoms with Gasteiger partial charge < -0.3 is 9.84 Å². The fourth-order valence-corrected chi connectivity index (χ4v) is 1.12. The average Bonchev–Trinajstić information content (AvgIpc) is 2.18. The second-order valence-electron chi connectivity index (χ2n) is 2.50. The predicted octanol–water partition coefficient (Wildman–Crippen LogP) is 1.35. The molecule has 0 atom stereocenters. The molecule has 0 aliphatic heterocycles. The van der Waals surface area contributed by atoms with Gasteiger partial charge in [-0.3, -0.25) is 4.79 Å². The molecule has 0 fully saturated rings. The molecular formula is C9H5ClO5. The van der Waals surface area contributed by atoms with Gasteiger partial charge in [-0.05, 0) is 18.2 Å². The molecule has 1 aromatic carbocycles. The Balaban J connectivity index is 3.15. The number of ether oxygens (including phenoxy) is 1. The number of carbonyl (C=O) groups is 3. The maximum atomic E-state index is 11.1. The zero-order valence-electron chi connectivity index (χ0n) is 7.27. The summed E-state index contributed by atoms with van der Waals surface area (Å²) in [4.78, 5) is 31.6. The van der Waals surface area contributed by atoms with Crippen molar-refractivity contribution in [3.63, 3.8) is 0 Å². The van der Waals surface area contributed by atoms with Gasteiger partial charge >= 0.3 is 18.4 Å². The molecule has 78 valence electrons. The topological polar surface area (TPSA) is 80.7 Å². The van der Waals surface area contributed by atoms with Gasteiger partial charge in [-0.1, -0.05) is 11.6 Å². The molecule has 0 amide bonds. The third kappa shape index (κ3) is 2.54. The highest BCUT2D eigenvalue weighted by Crippen LogP contribution is 2.18. The first-order valence-corrected chi connectivity index (χ1v) is 4.11. The minimum atomic E-state index is -1.20. The zero-order chi connectivity index (χ0) is 11.4. The van der Waals surface area contributed by atoms with Crippen LogP contribution in [0.15, 0.2) is 18.2 Å². The van der Waals surface area contributed by atoms with Crippen molar-refractivity contribution in [2.45, 2.75) is 0 Å². The monoisotopic (exact) mass is 228 g/mol. The van der Waals surface area contributed by atoms with E-state index in [1.807, 2.05) is 0 Å². The lowest BCUT2D eigenvalue weighted by molar-refractivity contribution is -0.123. The van der Waals surface area contributed by atoms with E-state index in [9.17, 15) is 14.4 Å². The highest BCUT2D eigenvalue weighted by atomic mass is 35.5. The third-order valence-electron chi connectivity index (χ3n) is 1.59. The summed E-state index contributed by atoms with van der Waals surface area (Å²) in [6.07, 6.45) is 0. The lowest BCUT2D eigenvalue weighted by Crippen LogP contribution is -2.06. The number of halogens is 1. The molecule has 6 heteroatoms. The maximum Gasteiger partial charge on any atom is 0.347 e. The average molecular weight is 229 g/mol. The molecule has 0 saturated heterocycles. The molecule has 0 spiro atoms. The molecule has 15 heavy (non-hydrogen) atoms. The normalized spacial score (nSPS) is 9.40. The smallest absolute Gasteiger partial charge is 0.347 e. The molecule has 0 unspecified atom stereocenters. The van der Waals surface area contributed by atoms with E-state index in [2.05, 4.69) is 4.74 Å². The van der Waals surface area contributed by atoms with Gasteiger partial charge in [0.1, 0.15) is 0 Å². The van der Waals surface area contributed by atoms with Crippen LogP contribution in [0.3, 0.4) is 0 Å². The molecule has 1 aromatic rings. The number of carboxylic acid groups (broad SMARTS) is 1. The summed E-state index contributed by atoms with van der Waals surface area (Å²) in [6.45, 7) is -0.0495. The minimum absolute atomic E-state index is 0.0202. The lowest BCUT2D eigenvalue weighted by Gasteiger charge is -2.02. The Kier molecular flexibility index (Phi) is 3.41. The summed E-state index contributed by atoms with van der Waals surface area (Å²) in [5.74, 6) is -2.19. The summed E-state index contributed by atoms with van der Waals surface area (Å²) in [5.41, 5.74) is -0.277. The molecule has 0 aromatic heterocycles. The van der Waals surface area contributed by atoms with Crippen molar-refractivity contribution in [1.82, 2.24) is 0 Å². The summed E-state index contributed by atoms with van der Waals surface area (Å²) in [7, 11) is 0. The van der Waals surface area contributed by atoms with Crippen molar-refractivity contribution in [3.8, 4) is 0 Å². The molecule has 5 nitrogen and oxygen atoms in total. The van der Waals surface area contributed by atoms with E-state index in [0.717, 1.165) is 6.07 Å². The number of esters is 1. The van der Waals surface area contributed by atoms with Crippen molar-refractivity contribution in [3.05, 3.63) is 34.3 Å². The summed E-state index contributed by atoms with van der Waals surface area (Å²) < 4.78 is 4.05. The molecule has 0 heterocycles. The van der Waals surface area contributed by atoms with E-state index in [4.69, 9.17) is 16.7 Å². The van der Waals surface area contributed by atoms with Crippen LogP contribution in [-0.2, 0) is 9.53 Å². The first-order chi connectivity index (χ1) is 7.06. The van der Waals surface area contributed by atoms with Crippen molar-refractivity contribution in [2.75, 3.05) is 0 Å². The number of rotatable bonds is 3. The van der Waals surface area contributed by atoms with Crippen molar-refractivity contribution in [1.29, 1.82) is 0 Å². The van der Waals surface area contributed by atoms with Crippen LogP contribution in [0.2, 0.25) is 5.02 Å². The standard InChI is InChI=1S/C9H5ClO5/c10-7-2-1-5(8(12)13)3-6(7)9(14)15-4-11/h1-4H,(H,12,13). The van der Waals surface area contributed by atoms with Crippen molar-refractivity contribution in [2.24, 2.45) is 0 Å². The van der Waals surface area contributed by atoms with Crippen LogP contribution in [-0.4, -0.2) is 23.5 Å². The van der Waals surface area contributed by atoms with E-state index in [1.54, 1.807) is 0 Å². The Morgan fingerprint density at radius 3 is 2.60 bits per heavy atom. The largest absolute Gasteiger partial charge is 0.478 e. The molecular weight excluding hydrogens is 224 g/mol. The second-order valence-corrected chi connectivity index (χ2v) is 2.91. The first-order valence-electron chi connectivity index (χ1n) is 3.73. The lowest BCUT2D eigenvalue weighted by atomic mass is 10.1. The predicted molar refractivity (Wildman–Crippen MR) is 49.9 cm³/mol. The van der Waals surface area contributed by atoms with E-state index in [0.29, 0.717) is 0 Å². The summed E-state index contributed by atoms with van der Waals surface area (Å²) in [6, 6.07) is 3.52. The molecule has 0 saturated carbocycles. The Bertz CT molecular complexity index is 427. The number of benzene rings is 1. The van der Waals surface area contributed by atoms with Gasteiger partial charge in [0.15, 0.2) is 0 Å². The number of hydrogen-bond acceptors (Lipinski definition) is 4. The fraction of sp³-hybridized carbons (Fsp3) is 0. The maximum absolute atomic E-state index is 11.1. The molecule has 1 rings (SSSR count). The Labute approximate surface area is 89.2 Å². The summed E-state index contributed by atoms with van der Waals surface area (Å²) >= 11 is 5.62. The van der Waals surface area contributed by atoms with Gasteiger partial charge in [-0.15, -0.1) is 0 Å². The van der Waals surface area contributed by atoms with Crippen LogP contribution >= 0.6 is 11.6 Å². The van der Waals surface area contributed by atoms with Gasteiger partial charge in [-0.2, -0.15) is 0 Å². The molecule has 0 aliphatic carbocycles. The van der Waals surface area contributed by atoms with Crippen LogP contribution < -0.4 is 0 Å². The third-order valence-corrected chi connectivity index (χ3v) is 1.92. The molecule has 0 aliphatic rings. The van der Waals surface area contributed by atoms with E-state index >= 15 is 0 Å². The van der Waals surface area contributed by atoms with Crippen LogP contribution in [0.25, 0.3) is 0 Å². The van der Waals surface area contributed by atoms with Gasteiger partial charge in [0.2, 0.25) is 0 Å². The fourth-order valence-electron chi connectivity index (χ4n) is 0.922. The highest BCUT2D eigenvalue weighted by Gasteiger charge is 2.14. The number of carbonyl (C=O) groups excluding carboxylic acids is 2. The number of hydrogen-bond donors (Lipinski definition) is 1. The number of aromatic carboxylic acids is 1. The van der Waals surface area contributed by atoms with Gasteiger partial charge in [-0.25, -0.2) is 9.59 Å². The van der Waals surface area contributed by atoms with Crippen LogP contribution in [0.5, 0.6) is 0 Å². The summed E-state index contributed by atoms with van der Waals surface area (Å²) in [5, 5.41) is 8.67. The van der Waals surface area contributed by atoms with Crippen molar-refractivity contribution >= 4 is 30.0 Å². The highest BCUT2D eigenvalue weighted by molar-refractivity contribution is 6.33. The van der Waals surface area contributed by atoms with E-state index in [-0.39, 0.29) is 22.6 Å². The Hall–Kier alpha value is -1.88. The quantitative estimate of drug-likeness (QED) is 0.480. The zero-order valence-corrected chi connectivity index (χ0v) is 8.02. The second kappa shape index (κ2) is 4.56. The van der Waals surface area contributed by atoms with Gasteiger partial charge in [0.05, 0.1) is 16.1 Å². The Morgan fingerprint density at radius 2 is 2.07 bits per heavy atom. The van der Waals surface area contributed by atoms with Crippen LogP contribution in [0.4, 0.5) is 0 Å². The van der Waals surface area contributed by atoms with E-state index in [1.165, 1.54) is 12.1 Å². The minimum Gasteiger partial charge on any atom is -0.478 e. The van der Waals surface area contributed by atoms with Crippen LogP contribution in [0, 0.1) is 0 Å².